The summed E-state index contributed by atoms with van der Waals surface area (Å²) in [5, 5.41) is 12.9. The number of hydrogen-bond donors (Lipinski definition) is 2. The Morgan fingerprint density at radius 3 is 2.83 bits per heavy atom. The molecule has 1 saturated heterocycles. The molecule has 0 radical (unpaired) electrons. The average molecular weight is 408 g/mol. The van der Waals surface area contributed by atoms with Crippen LogP contribution in [0.25, 0.3) is 22.1 Å². The number of imidazole rings is 1. The molecule has 8 heteroatoms. The second kappa shape index (κ2) is 8.44. The van der Waals surface area contributed by atoms with Crippen molar-refractivity contribution in [2.75, 3.05) is 19.6 Å². The normalized spacial score (nSPS) is 16.9. The zero-order valence-corrected chi connectivity index (χ0v) is 17.9. The molecule has 0 saturated carbocycles. The SMILES string of the molecule is CC(C)NC(=O)C(C)c1nc2cnc3[nH]ccc3c2n1C1CCN(CCC#N)CC1. The Morgan fingerprint density at radius 1 is 1.37 bits per heavy atom. The summed E-state index contributed by atoms with van der Waals surface area (Å²) in [6.45, 7) is 8.58. The number of piperidine rings is 1. The predicted molar refractivity (Wildman–Crippen MR) is 116 cm³/mol. The van der Waals surface area contributed by atoms with Gasteiger partial charge in [-0.05, 0) is 39.7 Å². The molecule has 1 fully saturated rings. The number of aromatic amines is 1. The van der Waals surface area contributed by atoms with E-state index in [0.717, 1.165) is 60.4 Å². The van der Waals surface area contributed by atoms with E-state index in [1.807, 2.05) is 33.0 Å². The first-order valence-electron chi connectivity index (χ1n) is 10.7. The molecule has 4 rings (SSSR count). The maximum Gasteiger partial charge on any atom is 0.230 e. The van der Waals surface area contributed by atoms with Crippen LogP contribution < -0.4 is 5.32 Å². The quantitative estimate of drug-likeness (QED) is 0.654. The van der Waals surface area contributed by atoms with Gasteiger partial charge in [0, 0.05) is 49.7 Å². The van der Waals surface area contributed by atoms with Gasteiger partial charge >= 0.3 is 0 Å². The van der Waals surface area contributed by atoms with Crippen LogP contribution in [-0.4, -0.2) is 56.0 Å². The molecule has 1 amide bonds. The van der Waals surface area contributed by atoms with Crippen LogP contribution in [0, 0.1) is 11.3 Å². The van der Waals surface area contributed by atoms with Crippen molar-refractivity contribution in [3.05, 3.63) is 24.3 Å². The fourth-order valence-electron chi connectivity index (χ4n) is 4.42. The number of fused-ring (bicyclic) bond motifs is 3. The highest BCUT2D eigenvalue weighted by molar-refractivity contribution is 6.01. The van der Waals surface area contributed by atoms with Crippen LogP contribution in [0.3, 0.4) is 0 Å². The van der Waals surface area contributed by atoms with Crippen LogP contribution in [-0.2, 0) is 4.79 Å². The van der Waals surface area contributed by atoms with E-state index < -0.39 is 0 Å². The van der Waals surface area contributed by atoms with Crippen molar-refractivity contribution in [2.45, 2.75) is 58.0 Å². The molecule has 3 aromatic heterocycles. The van der Waals surface area contributed by atoms with Gasteiger partial charge in [0.25, 0.3) is 0 Å². The summed E-state index contributed by atoms with van der Waals surface area (Å²) >= 11 is 0. The number of nitriles is 1. The third-order valence-corrected chi connectivity index (χ3v) is 5.94. The minimum atomic E-state index is -0.356. The van der Waals surface area contributed by atoms with Gasteiger partial charge in [-0.3, -0.25) is 4.79 Å². The molecular formula is C22H29N7O. The molecule has 1 atom stereocenters. The zero-order chi connectivity index (χ0) is 21.3. The number of likely N-dealkylation sites (tertiary alicyclic amines) is 1. The minimum Gasteiger partial charge on any atom is -0.353 e. The van der Waals surface area contributed by atoms with Crippen LogP contribution >= 0.6 is 0 Å². The van der Waals surface area contributed by atoms with E-state index in [1.54, 1.807) is 6.20 Å². The van der Waals surface area contributed by atoms with Gasteiger partial charge in [0.2, 0.25) is 5.91 Å². The second-order valence-corrected chi connectivity index (χ2v) is 8.44. The van der Waals surface area contributed by atoms with Crippen molar-refractivity contribution >= 4 is 28.0 Å². The number of hydrogen-bond acceptors (Lipinski definition) is 5. The van der Waals surface area contributed by atoms with E-state index >= 15 is 0 Å². The highest BCUT2D eigenvalue weighted by Gasteiger charge is 2.30. The monoisotopic (exact) mass is 407 g/mol. The van der Waals surface area contributed by atoms with E-state index in [4.69, 9.17) is 10.2 Å². The molecular weight excluding hydrogens is 378 g/mol. The summed E-state index contributed by atoms with van der Waals surface area (Å²) in [5.41, 5.74) is 2.71. The lowest BCUT2D eigenvalue weighted by molar-refractivity contribution is -0.122. The van der Waals surface area contributed by atoms with Crippen LogP contribution in [0.5, 0.6) is 0 Å². The lowest BCUT2D eigenvalue weighted by Crippen LogP contribution is -2.37. The average Bonchev–Trinajstić information content (AvgIpc) is 3.35. The molecule has 8 nitrogen and oxygen atoms in total. The van der Waals surface area contributed by atoms with Gasteiger partial charge in [0.1, 0.15) is 17.0 Å². The van der Waals surface area contributed by atoms with Gasteiger partial charge < -0.3 is 19.8 Å². The van der Waals surface area contributed by atoms with E-state index in [0.29, 0.717) is 6.42 Å². The molecule has 0 spiro atoms. The Balaban J connectivity index is 1.75. The fourth-order valence-corrected chi connectivity index (χ4v) is 4.42. The minimum absolute atomic E-state index is 0.00807. The molecule has 0 aromatic carbocycles. The van der Waals surface area contributed by atoms with Crippen molar-refractivity contribution in [2.24, 2.45) is 0 Å². The zero-order valence-electron chi connectivity index (χ0n) is 17.9. The Labute approximate surface area is 176 Å². The molecule has 3 aromatic rings. The number of H-pyrrole nitrogens is 1. The third-order valence-electron chi connectivity index (χ3n) is 5.94. The highest BCUT2D eigenvalue weighted by Crippen LogP contribution is 2.34. The van der Waals surface area contributed by atoms with Gasteiger partial charge in [0.15, 0.2) is 0 Å². The molecule has 1 aliphatic rings. The van der Waals surface area contributed by atoms with Crippen LogP contribution in [0.1, 0.15) is 57.8 Å². The Hall–Kier alpha value is -2.92. The summed E-state index contributed by atoms with van der Waals surface area (Å²) in [6.07, 6.45) is 6.19. The summed E-state index contributed by atoms with van der Waals surface area (Å²) in [6, 6.07) is 4.62. The maximum absolute atomic E-state index is 12.8. The second-order valence-electron chi connectivity index (χ2n) is 8.44. The van der Waals surface area contributed by atoms with Crippen LogP contribution in [0.2, 0.25) is 0 Å². The first-order valence-corrected chi connectivity index (χ1v) is 10.7. The van der Waals surface area contributed by atoms with Gasteiger partial charge in [-0.1, -0.05) is 0 Å². The lowest BCUT2D eigenvalue weighted by Gasteiger charge is -2.33. The van der Waals surface area contributed by atoms with Crippen LogP contribution in [0.15, 0.2) is 18.5 Å². The number of aromatic nitrogens is 4. The summed E-state index contributed by atoms with van der Waals surface area (Å²) < 4.78 is 2.29. The molecule has 4 heterocycles. The standard InChI is InChI=1S/C22H29N7O/c1-14(2)26-22(30)15(3)21-27-18-13-25-20-17(5-9-24-20)19(18)29(21)16-6-11-28(12-7-16)10-4-8-23/h5,9,13-16H,4,6-7,10-12H2,1-3H3,(H,24,25)(H,26,30). The van der Waals surface area contributed by atoms with Crippen molar-refractivity contribution in [1.29, 1.82) is 5.26 Å². The topological polar surface area (TPSA) is 103 Å². The van der Waals surface area contributed by atoms with Gasteiger partial charge in [-0.2, -0.15) is 5.26 Å². The largest absolute Gasteiger partial charge is 0.353 e. The fraction of sp³-hybridized carbons (Fsp3) is 0.545. The van der Waals surface area contributed by atoms with Crippen molar-refractivity contribution in [3.63, 3.8) is 0 Å². The van der Waals surface area contributed by atoms with Gasteiger partial charge in [-0.25, -0.2) is 9.97 Å². The van der Waals surface area contributed by atoms with E-state index in [1.165, 1.54) is 0 Å². The summed E-state index contributed by atoms with van der Waals surface area (Å²) in [5.74, 6) is 0.436. The van der Waals surface area contributed by atoms with Crippen molar-refractivity contribution in [3.8, 4) is 6.07 Å². The molecule has 1 unspecified atom stereocenters. The Bertz CT molecular complexity index is 1080. The number of nitrogens with zero attached hydrogens (tertiary/aromatic N) is 5. The maximum atomic E-state index is 12.8. The Kier molecular flexibility index (Phi) is 5.73. The molecule has 30 heavy (non-hydrogen) atoms. The van der Waals surface area contributed by atoms with Crippen molar-refractivity contribution < 1.29 is 4.79 Å². The molecule has 2 N–H and O–H groups in total. The third kappa shape index (κ3) is 3.77. The van der Waals surface area contributed by atoms with E-state index in [9.17, 15) is 4.79 Å². The van der Waals surface area contributed by atoms with E-state index in [2.05, 4.69) is 30.8 Å². The molecule has 158 valence electrons. The first kappa shape index (κ1) is 20.4. The number of rotatable bonds is 6. The smallest absolute Gasteiger partial charge is 0.230 e. The number of nitrogens with one attached hydrogen (secondary N) is 2. The predicted octanol–water partition coefficient (Wildman–Crippen LogP) is 3.09. The summed E-state index contributed by atoms with van der Waals surface area (Å²) in [4.78, 5) is 27.7. The van der Waals surface area contributed by atoms with Crippen LogP contribution in [0.4, 0.5) is 0 Å². The number of carbonyl (C=O) groups excluding carboxylic acids is 1. The van der Waals surface area contributed by atoms with E-state index in [-0.39, 0.29) is 23.9 Å². The molecule has 1 aliphatic heterocycles. The highest BCUT2D eigenvalue weighted by atomic mass is 16.1. The van der Waals surface area contributed by atoms with Crippen molar-refractivity contribution in [1.82, 2.24) is 29.7 Å². The Morgan fingerprint density at radius 2 is 2.13 bits per heavy atom. The number of pyridine rings is 1. The lowest BCUT2D eigenvalue weighted by atomic mass is 10.0. The number of amides is 1. The first-order chi connectivity index (χ1) is 14.5. The molecule has 0 bridgehead atoms. The molecule has 0 aliphatic carbocycles. The summed E-state index contributed by atoms with van der Waals surface area (Å²) in [7, 11) is 0. The van der Waals surface area contributed by atoms with Gasteiger partial charge in [0.05, 0.1) is 23.7 Å². The van der Waals surface area contributed by atoms with Gasteiger partial charge in [-0.15, -0.1) is 0 Å². The number of carbonyl (C=O) groups is 1.